The second-order valence-corrected chi connectivity index (χ2v) is 5.04. The highest BCUT2D eigenvalue weighted by atomic mass is 16.1. The molecule has 2 aromatic rings. The van der Waals surface area contributed by atoms with Gasteiger partial charge in [-0.05, 0) is 44.4 Å². The number of nitrogens with zero attached hydrogens (tertiary/aromatic N) is 1. The summed E-state index contributed by atoms with van der Waals surface area (Å²) in [6, 6.07) is 8.70. The predicted molar refractivity (Wildman–Crippen MR) is 74.6 cm³/mol. The van der Waals surface area contributed by atoms with Gasteiger partial charge in [-0.15, -0.1) is 0 Å². The second kappa shape index (κ2) is 5.25. The summed E-state index contributed by atoms with van der Waals surface area (Å²) < 4.78 is 2.13. The van der Waals surface area contributed by atoms with Gasteiger partial charge in [0.2, 0.25) is 5.91 Å². The summed E-state index contributed by atoms with van der Waals surface area (Å²) in [5.74, 6) is 0.110. The molecule has 0 saturated carbocycles. The lowest BCUT2D eigenvalue weighted by Crippen LogP contribution is -2.30. The highest BCUT2D eigenvalue weighted by Gasteiger charge is 2.05. The third-order valence-electron chi connectivity index (χ3n) is 2.96. The molecule has 2 rings (SSSR count). The molecular weight excluding hydrogens is 224 g/mol. The molecule has 0 unspecified atom stereocenters. The molecule has 0 saturated heterocycles. The number of aryl methyl sites for hydroxylation is 2. The number of hydrogen-bond acceptors (Lipinski definition) is 1. The van der Waals surface area contributed by atoms with E-state index in [0.717, 1.165) is 6.54 Å². The molecule has 1 amide bonds. The molecule has 0 bridgehead atoms. The van der Waals surface area contributed by atoms with Crippen LogP contribution in [0, 0.1) is 6.92 Å². The van der Waals surface area contributed by atoms with Crippen LogP contribution in [0.4, 0.5) is 0 Å². The van der Waals surface area contributed by atoms with Crippen molar-refractivity contribution in [3.05, 3.63) is 36.0 Å². The maximum absolute atomic E-state index is 11.6. The Balaban J connectivity index is 2.06. The summed E-state index contributed by atoms with van der Waals surface area (Å²) in [6.07, 6.45) is 2.57. The van der Waals surface area contributed by atoms with Crippen molar-refractivity contribution in [2.45, 2.75) is 39.8 Å². The fourth-order valence-corrected chi connectivity index (χ4v) is 2.13. The van der Waals surface area contributed by atoms with Gasteiger partial charge in [0.15, 0.2) is 0 Å². The van der Waals surface area contributed by atoms with Crippen molar-refractivity contribution in [1.82, 2.24) is 9.88 Å². The minimum Gasteiger partial charge on any atom is -0.354 e. The molecule has 3 nitrogen and oxygen atoms in total. The lowest BCUT2D eigenvalue weighted by molar-refractivity contribution is -0.121. The van der Waals surface area contributed by atoms with E-state index >= 15 is 0 Å². The number of hydrogen-bond donors (Lipinski definition) is 1. The zero-order valence-corrected chi connectivity index (χ0v) is 11.2. The molecule has 1 aromatic carbocycles. The number of nitrogens with one attached hydrogen (secondary N) is 1. The van der Waals surface area contributed by atoms with E-state index in [1.54, 1.807) is 0 Å². The van der Waals surface area contributed by atoms with Gasteiger partial charge in [-0.1, -0.05) is 11.6 Å². The highest BCUT2D eigenvalue weighted by molar-refractivity contribution is 5.81. The average molecular weight is 244 g/mol. The van der Waals surface area contributed by atoms with Crippen molar-refractivity contribution in [3.8, 4) is 0 Å². The number of carbonyl (C=O) groups excluding carboxylic acids is 1. The number of amides is 1. The van der Waals surface area contributed by atoms with Crippen molar-refractivity contribution in [3.63, 3.8) is 0 Å². The first-order valence-electron chi connectivity index (χ1n) is 6.41. The molecular formula is C15H20N2O. The fraction of sp³-hybridized carbons (Fsp3) is 0.400. The van der Waals surface area contributed by atoms with Gasteiger partial charge in [0, 0.05) is 30.7 Å². The number of carbonyl (C=O) groups is 1. The van der Waals surface area contributed by atoms with Crippen LogP contribution >= 0.6 is 0 Å². The smallest absolute Gasteiger partial charge is 0.221 e. The summed E-state index contributed by atoms with van der Waals surface area (Å²) in [7, 11) is 0. The molecule has 96 valence electrons. The maximum atomic E-state index is 11.6. The molecule has 0 aliphatic rings. The summed E-state index contributed by atoms with van der Waals surface area (Å²) in [4.78, 5) is 11.6. The quantitative estimate of drug-likeness (QED) is 0.881. The summed E-state index contributed by atoms with van der Waals surface area (Å²) in [5, 5.41) is 4.15. The van der Waals surface area contributed by atoms with Gasteiger partial charge in [0.1, 0.15) is 0 Å². The highest BCUT2D eigenvalue weighted by Crippen LogP contribution is 2.17. The van der Waals surface area contributed by atoms with Crippen LogP contribution in [0.1, 0.15) is 25.8 Å². The molecule has 1 aromatic heterocycles. The van der Waals surface area contributed by atoms with E-state index in [-0.39, 0.29) is 11.9 Å². The van der Waals surface area contributed by atoms with E-state index in [9.17, 15) is 4.79 Å². The van der Waals surface area contributed by atoms with Crippen molar-refractivity contribution >= 4 is 16.8 Å². The van der Waals surface area contributed by atoms with Crippen molar-refractivity contribution in [1.29, 1.82) is 0 Å². The monoisotopic (exact) mass is 244 g/mol. The van der Waals surface area contributed by atoms with Gasteiger partial charge in [-0.2, -0.15) is 0 Å². The normalized spacial score (nSPS) is 11.1. The molecule has 0 fully saturated rings. The topological polar surface area (TPSA) is 34.0 Å². The van der Waals surface area contributed by atoms with Crippen LogP contribution in [0.15, 0.2) is 30.5 Å². The minimum absolute atomic E-state index is 0.110. The third-order valence-corrected chi connectivity index (χ3v) is 2.96. The molecule has 0 spiro atoms. The first kappa shape index (κ1) is 12.7. The molecule has 18 heavy (non-hydrogen) atoms. The number of aromatic nitrogens is 1. The molecule has 0 atom stereocenters. The van der Waals surface area contributed by atoms with E-state index in [4.69, 9.17) is 0 Å². The van der Waals surface area contributed by atoms with Crippen molar-refractivity contribution in [2.24, 2.45) is 0 Å². The minimum atomic E-state index is 0.110. The van der Waals surface area contributed by atoms with Gasteiger partial charge < -0.3 is 9.88 Å². The molecule has 3 heteroatoms. The largest absolute Gasteiger partial charge is 0.354 e. The van der Waals surface area contributed by atoms with E-state index in [0.29, 0.717) is 6.42 Å². The van der Waals surface area contributed by atoms with Crippen LogP contribution in [0.2, 0.25) is 0 Å². The number of rotatable bonds is 4. The number of fused-ring (bicyclic) bond motifs is 1. The van der Waals surface area contributed by atoms with Crippen molar-refractivity contribution in [2.75, 3.05) is 0 Å². The van der Waals surface area contributed by atoms with Gasteiger partial charge in [0.25, 0.3) is 0 Å². The van der Waals surface area contributed by atoms with Crippen LogP contribution in [0.25, 0.3) is 10.9 Å². The Kier molecular flexibility index (Phi) is 3.70. The zero-order chi connectivity index (χ0) is 13.1. The summed E-state index contributed by atoms with van der Waals surface area (Å²) >= 11 is 0. The maximum Gasteiger partial charge on any atom is 0.221 e. The molecule has 0 radical (unpaired) electrons. The number of benzene rings is 1. The summed E-state index contributed by atoms with van der Waals surface area (Å²) in [6.45, 7) is 6.77. The molecule has 1 heterocycles. The molecule has 1 N–H and O–H groups in total. The van der Waals surface area contributed by atoms with E-state index in [1.807, 2.05) is 20.0 Å². The first-order chi connectivity index (χ1) is 8.56. The van der Waals surface area contributed by atoms with Crippen LogP contribution in [0.3, 0.4) is 0 Å². The Morgan fingerprint density at radius 2 is 2.11 bits per heavy atom. The van der Waals surface area contributed by atoms with E-state index in [2.05, 4.69) is 41.1 Å². The third kappa shape index (κ3) is 2.92. The van der Waals surface area contributed by atoms with Crippen LogP contribution in [0.5, 0.6) is 0 Å². The second-order valence-electron chi connectivity index (χ2n) is 5.04. The van der Waals surface area contributed by atoms with Gasteiger partial charge in [0.05, 0.1) is 0 Å². The zero-order valence-electron chi connectivity index (χ0n) is 11.2. The Morgan fingerprint density at radius 1 is 1.33 bits per heavy atom. The van der Waals surface area contributed by atoms with Gasteiger partial charge in [-0.3, -0.25) is 4.79 Å². The van der Waals surface area contributed by atoms with E-state index < -0.39 is 0 Å². The standard InChI is InChI=1S/C15H20N2O/c1-11(2)16-15(18)7-9-17-8-6-13-10-12(3)4-5-14(13)17/h4-6,8,10-11H,7,9H2,1-3H3,(H,16,18). The van der Waals surface area contributed by atoms with E-state index in [1.165, 1.54) is 16.5 Å². The lowest BCUT2D eigenvalue weighted by Gasteiger charge is -2.09. The van der Waals surface area contributed by atoms with Crippen molar-refractivity contribution < 1.29 is 4.79 Å². The Bertz CT molecular complexity index is 555. The molecule has 0 aliphatic carbocycles. The van der Waals surface area contributed by atoms with Crippen LogP contribution < -0.4 is 5.32 Å². The van der Waals surface area contributed by atoms with Gasteiger partial charge >= 0.3 is 0 Å². The van der Waals surface area contributed by atoms with Gasteiger partial charge in [-0.25, -0.2) is 0 Å². The lowest BCUT2D eigenvalue weighted by atomic mass is 10.2. The first-order valence-corrected chi connectivity index (χ1v) is 6.41. The Morgan fingerprint density at radius 3 is 2.83 bits per heavy atom. The van der Waals surface area contributed by atoms with Crippen LogP contribution in [-0.2, 0) is 11.3 Å². The average Bonchev–Trinajstić information content (AvgIpc) is 2.67. The molecule has 0 aliphatic heterocycles. The summed E-state index contributed by atoms with van der Waals surface area (Å²) in [5.41, 5.74) is 2.45. The van der Waals surface area contributed by atoms with Crippen LogP contribution in [-0.4, -0.2) is 16.5 Å². The predicted octanol–water partition coefficient (Wildman–Crippen LogP) is 2.86. The Labute approximate surface area is 108 Å². The fourth-order valence-electron chi connectivity index (χ4n) is 2.13. The Hall–Kier alpha value is -1.77. The SMILES string of the molecule is Cc1ccc2c(ccn2CCC(=O)NC(C)C)c1.